The fourth-order valence-electron chi connectivity index (χ4n) is 2.68. The molecule has 2 aliphatic rings. The van der Waals surface area contributed by atoms with Gasteiger partial charge in [-0.05, 0) is 25.7 Å². The maximum absolute atomic E-state index is 12.1. The molecule has 2 fully saturated rings. The van der Waals surface area contributed by atoms with E-state index in [1.54, 1.807) is 16.2 Å². The Kier molecular flexibility index (Phi) is 4.58. The summed E-state index contributed by atoms with van der Waals surface area (Å²) in [4.78, 5) is 27.3. The minimum atomic E-state index is -0.0523. The first-order chi connectivity index (χ1) is 8.72. The fraction of sp³-hybridized carbons (Fsp3) is 0.769. The SMILES string of the molecule is O=C1[CH]CCCCN1CC(=O)N1CCC[C@H]1CO. The number of nitrogens with zero attached hydrogens (tertiary/aromatic N) is 2. The Morgan fingerprint density at radius 3 is 2.94 bits per heavy atom. The molecule has 0 aromatic carbocycles. The second-order valence-corrected chi connectivity index (χ2v) is 5.03. The lowest BCUT2D eigenvalue weighted by Crippen LogP contribution is -2.45. The molecular formula is C13H21N2O3. The molecule has 5 heteroatoms. The molecule has 18 heavy (non-hydrogen) atoms. The summed E-state index contributed by atoms with van der Waals surface area (Å²) < 4.78 is 0. The van der Waals surface area contributed by atoms with E-state index in [1.165, 1.54) is 0 Å². The van der Waals surface area contributed by atoms with Crippen LogP contribution in [0.15, 0.2) is 0 Å². The molecule has 0 unspecified atom stereocenters. The van der Waals surface area contributed by atoms with Crippen molar-refractivity contribution in [2.24, 2.45) is 0 Å². The molecule has 1 N–H and O–H groups in total. The van der Waals surface area contributed by atoms with Gasteiger partial charge >= 0.3 is 0 Å². The molecule has 1 radical (unpaired) electrons. The van der Waals surface area contributed by atoms with Crippen LogP contribution in [-0.4, -0.2) is 59.0 Å². The fourth-order valence-corrected chi connectivity index (χ4v) is 2.68. The highest BCUT2D eigenvalue weighted by molar-refractivity contribution is 5.89. The molecule has 0 saturated carbocycles. The van der Waals surface area contributed by atoms with Crippen LogP contribution in [0.2, 0.25) is 0 Å². The van der Waals surface area contributed by atoms with E-state index < -0.39 is 0 Å². The van der Waals surface area contributed by atoms with E-state index in [-0.39, 0.29) is 31.0 Å². The standard InChI is InChI=1S/C13H21N2O3/c16-10-11-5-4-8-15(11)13(18)9-14-7-3-1-2-6-12(14)17/h6,11,16H,1-5,7-10H2/t11-/m0/s1. The van der Waals surface area contributed by atoms with Gasteiger partial charge in [0, 0.05) is 19.5 Å². The monoisotopic (exact) mass is 253 g/mol. The molecule has 0 aliphatic carbocycles. The number of carbonyl (C=O) groups excluding carboxylic acids is 2. The Balaban J connectivity index is 1.91. The van der Waals surface area contributed by atoms with Gasteiger partial charge < -0.3 is 14.9 Å². The predicted molar refractivity (Wildman–Crippen MR) is 66.6 cm³/mol. The normalized spacial score (nSPS) is 25.4. The van der Waals surface area contributed by atoms with Gasteiger partial charge in [-0.15, -0.1) is 0 Å². The molecule has 5 nitrogen and oxygen atoms in total. The second kappa shape index (κ2) is 6.18. The van der Waals surface area contributed by atoms with Gasteiger partial charge in [0.15, 0.2) is 0 Å². The Morgan fingerprint density at radius 1 is 1.33 bits per heavy atom. The number of aliphatic hydroxyl groups excluding tert-OH is 1. The van der Waals surface area contributed by atoms with Crippen LogP contribution in [0.1, 0.15) is 32.1 Å². The summed E-state index contributed by atoms with van der Waals surface area (Å²) in [5.74, 6) is -0.0594. The van der Waals surface area contributed by atoms with Gasteiger partial charge in [0.05, 0.1) is 19.2 Å². The zero-order valence-corrected chi connectivity index (χ0v) is 10.7. The first-order valence-corrected chi connectivity index (χ1v) is 6.75. The first kappa shape index (κ1) is 13.3. The number of aliphatic hydroxyl groups is 1. The van der Waals surface area contributed by atoms with Crippen molar-refractivity contribution < 1.29 is 14.7 Å². The Bertz CT molecular complexity index is 319. The number of amides is 2. The number of hydrogen-bond donors (Lipinski definition) is 1. The van der Waals surface area contributed by atoms with Gasteiger partial charge in [0.2, 0.25) is 11.8 Å². The average molecular weight is 253 g/mol. The van der Waals surface area contributed by atoms with Crippen molar-refractivity contribution in [3.63, 3.8) is 0 Å². The second-order valence-electron chi connectivity index (χ2n) is 5.03. The van der Waals surface area contributed by atoms with E-state index >= 15 is 0 Å². The summed E-state index contributed by atoms with van der Waals surface area (Å²) in [6.07, 6.45) is 6.26. The maximum atomic E-state index is 12.1. The minimum absolute atomic E-state index is 0.0197. The molecule has 1 atom stereocenters. The third kappa shape index (κ3) is 3.02. The van der Waals surface area contributed by atoms with Crippen LogP contribution in [-0.2, 0) is 9.59 Å². The van der Waals surface area contributed by atoms with Crippen LogP contribution in [0.3, 0.4) is 0 Å². The van der Waals surface area contributed by atoms with Gasteiger partial charge in [-0.2, -0.15) is 0 Å². The predicted octanol–water partition coefficient (Wildman–Crippen LogP) is 0.186. The van der Waals surface area contributed by atoms with Gasteiger partial charge in [-0.25, -0.2) is 0 Å². The van der Waals surface area contributed by atoms with Crippen LogP contribution >= 0.6 is 0 Å². The summed E-state index contributed by atoms with van der Waals surface area (Å²) in [6, 6.07) is -0.0523. The Morgan fingerprint density at radius 2 is 2.17 bits per heavy atom. The van der Waals surface area contributed by atoms with Crippen LogP contribution in [0.4, 0.5) is 0 Å². The summed E-state index contributed by atoms with van der Waals surface area (Å²) in [6.45, 7) is 1.55. The molecule has 2 aliphatic heterocycles. The van der Waals surface area contributed by atoms with E-state index in [9.17, 15) is 14.7 Å². The summed E-state index contributed by atoms with van der Waals surface area (Å²) in [5, 5.41) is 9.21. The largest absolute Gasteiger partial charge is 0.394 e. The van der Waals surface area contributed by atoms with Gasteiger partial charge in [-0.1, -0.05) is 6.42 Å². The lowest BCUT2D eigenvalue weighted by Gasteiger charge is -2.27. The van der Waals surface area contributed by atoms with E-state index in [2.05, 4.69) is 0 Å². The topological polar surface area (TPSA) is 60.9 Å². The maximum Gasteiger partial charge on any atom is 0.242 e. The summed E-state index contributed by atoms with van der Waals surface area (Å²) in [7, 11) is 0. The molecule has 0 bridgehead atoms. The molecule has 101 valence electrons. The zero-order valence-electron chi connectivity index (χ0n) is 10.7. The number of rotatable bonds is 3. The van der Waals surface area contributed by atoms with Crippen molar-refractivity contribution in [3.05, 3.63) is 6.42 Å². The van der Waals surface area contributed by atoms with Crippen molar-refractivity contribution in [1.82, 2.24) is 9.80 Å². The highest BCUT2D eigenvalue weighted by atomic mass is 16.3. The molecule has 2 amide bonds. The Labute approximate surface area is 108 Å². The van der Waals surface area contributed by atoms with Crippen molar-refractivity contribution >= 4 is 11.8 Å². The lowest BCUT2D eigenvalue weighted by atomic mass is 10.2. The van der Waals surface area contributed by atoms with Gasteiger partial charge in [0.1, 0.15) is 0 Å². The third-order valence-corrected chi connectivity index (χ3v) is 3.75. The average Bonchev–Trinajstić information content (AvgIpc) is 2.76. The van der Waals surface area contributed by atoms with Crippen LogP contribution in [0, 0.1) is 6.42 Å². The Hall–Kier alpha value is -1.10. The van der Waals surface area contributed by atoms with Crippen LogP contribution in [0.5, 0.6) is 0 Å². The summed E-state index contributed by atoms with van der Waals surface area (Å²) >= 11 is 0. The molecule has 2 rings (SSSR count). The minimum Gasteiger partial charge on any atom is -0.394 e. The lowest BCUT2D eigenvalue weighted by molar-refractivity contribution is -0.139. The first-order valence-electron chi connectivity index (χ1n) is 6.75. The molecular weight excluding hydrogens is 232 g/mol. The van der Waals surface area contributed by atoms with Crippen LogP contribution in [0.25, 0.3) is 0 Å². The van der Waals surface area contributed by atoms with Crippen molar-refractivity contribution in [2.75, 3.05) is 26.2 Å². The number of likely N-dealkylation sites (tertiary alicyclic amines) is 2. The van der Waals surface area contributed by atoms with Crippen molar-refractivity contribution in [2.45, 2.75) is 38.1 Å². The summed E-state index contributed by atoms with van der Waals surface area (Å²) in [5.41, 5.74) is 0. The molecule has 0 spiro atoms. The van der Waals surface area contributed by atoms with E-state index in [0.717, 1.165) is 32.1 Å². The van der Waals surface area contributed by atoms with Crippen molar-refractivity contribution in [3.8, 4) is 0 Å². The zero-order chi connectivity index (χ0) is 13.0. The van der Waals surface area contributed by atoms with Crippen LogP contribution < -0.4 is 0 Å². The quantitative estimate of drug-likeness (QED) is 0.781. The van der Waals surface area contributed by atoms with Gasteiger partial charge in [0.25, 0.3) is 0 Å². The van der Waals surface area contributed by atoms with Crippen molar-refractivity contribution in [1.29, 1.82) is 0 Å². The van der Waals surface area contributed by atoms with E-state index in [1.807, 2.05) is 0 Å². The highest BCUT2D eigenvalue weighted by Crippen LogP contribution is 2.18. The van der Waals surface area contributed by atoms with E-state index in [0.29, 0.717) is 13.1 Å². The molecule has 0 aromatic heterocycles. The van der Waals surface area contributed by atoms with Gasteiger partial charge in [-0.3, -0.25) is 9.59 Å². The van der Waals surface area contributed by atoms with E-state index in [4.69, 9.17) is 0 Å². The highest BCUT2D eigenvalue weighted by Gasteiger charge is 2.30. The number of hydrogen-bond acceptors (Lipinski definition) is 3. The number of carbonyl (C=O) groups is 2. The molecule has 2 saturated heterocycles. The smallest absolute Gasteiger partial charge is 0.242 e. The molecule has 2 heterocycles. The molecule has 0 aromatic rings. The third-order valence-electron chi connectivity index (χ3n) is 3.75.